The summed E-state index contributed by atoms with van der Waals surface area (Å²) in [5.41, 5.74) is 0. The molecule has 0 spiro atoms. The van der Waals surface area contributed by atoms with E-state index in [4.69, 9.17) is 0 Å². The number of carbonyl (C=O) groups is 1. The van der Waals surface area contributed by atoms with Gasteiger partial charge in [0.2, 0.25) is 0 Å². The van der Waals surface area contributed by atoms with Crippen LogP contribution in [-0.4, -0.2) is 5.78 Å². The number of allylic oxidation sites excluding steroid dienone is 3. The fourth-order valence-electron chi connectivity index (χ4n) is 0.582. The molecule has 0 atom stereocenters. The summed E-state index contributed by atoms with van der Waals surface area (Å²) in [7, 11) is 0. The van der Waals surface area contributed by atoms with Crippen LogP contribution in [0.1, 0.15) is 12.8 Å². The van der Waals surface area contributed by atoms with E-state index in [9.17, 15) is 4.79 Å². The predicted molar refractivity (Wildman–Crippen MR) is 36.8 cm³/mol. The Balaban J connectivity index is 2.33. The Morgan fingerprint density at radius 1 is 1.56 bits per heavy atom. The lowest BCUT2D eigenvalue weighted by Gasteiger charge is -1.81. The summed E-state index contributed by atoms with van der Waals surface area (Å²) in [5, 5.41) is 0. The van der Waals surface area contributed by atoms with Crippen LogP contribution in [-0.2, 0) is 4.79 Å². The second kappa shape index (κ2) is 2.62. The van der Waals surface area contributed by atoms with Gasteiger partial charge in [-0.05, 0) is 18.9 Å². The third-order valence-electron chi connectivity index (χ3n) is 1.23. The maximum Gasteiger partial charge on any atom is 0.162 e. The molecule has 0 unspecified atom stereocenters. The van der Waals surface area contributed by atoms with Crippen LogP contribution in [0.15, 0.2) is 24.8 Å². The first kappa shape index (κ1) is 6.27. The molecular weight excluding hydrogens is 112 g/mol. The van der Waals surface area contributed by atoms with E-state index < -0.39 is 0 Å². The second-order valence-corrected chi connectivity index (χ2v) is 2.06. The lowest BCUT2D eigenvalue weighted by molar-refractivity contribution is -0.112. The molecule has 9 heavy (non-hydrogen) atoms. The lowest BCUT2D eigenvalue weighted by Crippen LogP contribution is -1.90. The van der Waals surface area contributed by atoms with Gasteiger partial charge in [-0.2, -0.15) is 0 Å². The van der Waals surface area contributed by atoms with Gasteiger partial charge in [-0.1, -0.05) is 18.7 Å². The van der Waals surface area contributed by atoms with E-state index in [1.165, 1.54) is 0 Å². The average Bonchev–Trinajstić information content (AvgIpc) is 2.63. The first-order chi connectivity index (χ1) is 4.34. The highest BCUT2D eigenvalue weighted by Gasteiger charge is 2.28. The van der Waals surface area contributed by atoms with Crippen LogP contribution in [0.4, 0.5) is 0 Å². The molecule has 1 saturated carbocycles. The number of ketones is 1. The third kappa shape index (κ3) is 1.84. The highest BCUT2D eigenvalue weighted by atomic mass is 16.1. The van der Waals surface area contributed by atoms with E-state index in [2.05, 4.69) is 6.58 Å². The van der Waals surface area contributed by atoms with Crippen molar-refractivity contribution in [3.63, 3.8) is 0 Å². The van der Waals surface area contributed by atoms with Crippen LogP contribution < -0.4 is 0 Å². The van der Waals surface area contributed by atoms with Gasteiger partial charge in [0.05, 0.1) is 0 Å². The minimum atomic E-state index is 0.176. The molecule has 0 N–H and O–H groups in total. The molecule has 1 rings (SSSR count). The molecule has 47 valence electrons. The van der Waals surface area contributed by atoms with Gasteiger partial charge in [0, 0.05) is 5.92 Å². The zero-order chi connectivity index (χ0) is 6.69. The molecule has 0 amide bonds. The zero-order valence-corrected chi connectivity index (χ0v) is 5.26. The lowest BCUT2D eigenvalue weighted by atomic mass is 10.2. The van der Waals surface area contributed by atoms with Gasteiger partial charge in [0.25, 0.3) is 0 Å². The number of carbonyl (C=O) groups excluding carboxylic acids is 1. The van der Waals surface area contributed by atoms with Crippen molar-refractivity contribution in [1.82, 2.24) is 0 Å². The van der Waals surface area contributed by atoms with Crippen LogP contribution in [0.25, 0.3) is 0 Å². The molecule has 0 bridgehead atoms. The Morgan fingerprint density at radius 2 is 2.22 bits per heavy atom. The predicted octanol–water partition coefficient (Wildman–Crippen LogP) is 1.67. The van der Waals surface area contributed by atoms with Crippen LogP contribution in [0.3, 0.4) is 0 Å². The van der Waals surface area contributed by atoms with Crippen molar-refractivity contribution in [2.75, 3.05) is 0 Å². The highest BCUT2D eigenvalue weighted by Crippen LogP contribution is 2.32. The Labute approximate surface area is 55.1 Å². The van der Waals surface area contributed by atoms with E-state index in [1.807, 2.05) is 0 Å². The van der Waals surface area contributed by atoms with Crippen molar-refractivity contribution >= 4 is 5.78 Å². The average molecular weight is 121 g/mol. The van der Waals surface area contributed by atoms with Gasteiger partial charge in [0.1, 0.15) is 0 Å². The number of rotatable bonds is 3. The Hall–Kier alpha value is -0.850. The summed E-state index contributed by atoms with van der Waals surface area (Å²) in [4.78, 5) is 10.8. The van der Waals surface area contributed by atoms with Gasteiger partial charge in [-0.25, -0.2) is 0 Å². The highest BCUT2D eigenvalue weighted by molar-refractivity contribution is 6.03. The van der Waals surface area contributed by atoms with E-state index in [0.717, 1.165) is 18.8 Å². The summed E-state index contributed by atoms with van der Waals surface area (Å²) in [5.74, 6) is 1.23. The maximum absolute atomic E-state index is 10.8. The quantitative estimate of drug-likeness (QED) is 0.410. The standard InChI is InChI=1S/C8H9O/c1-2-3-4-8(9)7-5-6-7/h2-4H,1,5-6H2. The minimum Gasteiger partial charge on any atom is -0.294 e. The van der Waals surface area contributed by atoms with Gasteiger partial charge in [-0.15, -0.1) is 0 Å². The van der Waals surface area contributed by atoms with E-state index in [0.29, 0.717) is 0 Å². The topological polar surface area (TPSA) is 17.1 Å². The third-order valence-corrected chi connectivity index (χ3v) is 1.23. The van der Waals surface area contributed by atoms with Crippen molar-refractivity contribution in [3.05, 3.63) is 30.7 Å². The summed E-state index contributed by atoms with van der Waals surface area (Å²) < 4.78 is 0. The van der Waals surface area contributed by atoms with Gasteiger partial charge < -0.3 is 0 Å². The monoisotopic (exact) mass is 121 g/mol. The smallest absolute Gasteiger partial charge is 0.162 e. The summed E-state index contributed by atoms with van der Waals surface area (Å²) in [6, 6.07) is 0. The number of hydrogen-bond donors (Lipinski definition) is 0. The van der Waals surface area contributed by atoms with Crippen molar-refractivity contribution in [1.29, 1.82) is 0 Å². The first-order valence-corrected chi connectivity index (χ1v) is 3.02. The number of hydrogen-bond acceptors (Lipinski definition) is 1. The molecule has 1 heteroatoms. The minimum absolute atomic E-state index is 0.176. The molecule has 1 aliphatic rings. The molecule has 1 radical (unpaired) electrons. The molecule has 1 fully saturated rings. The molecule has 0 aromatic carbocycles. The first-order valence-electron chi connectivity index (χ1n) is 3.02. The van der Waals surface area contributed by atoms with Crippen molar-refractivity contribution in [2.45, 2.75) is 12.8 Å². The van der Waals surface area contributed by atoms with Crippen LogP contribution in [0.2, 0.25) is 0 Å². The Bertz CT molecular complexity index is 152. The maximum atomic E-state index is 10.8. The van der Waals surface area contributed by atoms with Gasteiger partial charge in [-0.3, -0.25) is 4.79 Å². The fraction of sp³-hybridized carbons (Fsp3) is 0.250. The summed E-state index contributed by atoms with van der Waals surface area (Å²) >= 11 is 0. The van der Waals surface area contributed by atoms with E-state index >= 15 is 0 Å². The largest absolute Gasteiger partial charge is 0.294 e. The van der Waals surface area contributed by atoms with Crippen LogP contribution >= 0.6 is 0 Å². The molecular formula is C8H9O. The summed E-state index contributed by atoms with van der Waals surface area (Å²) in [6.07, 6.45) is 6.85. The van der Waals surface area contributed by atoms with Crippen molar-refractivity contribution < 1.29 is 4.79 Å². The molecule has 0 aromatic rings. The molecule has 1 aliphatic carbocycles. The van der Waals surface area contributed by atoms with E-state index in [-0.39, 0.29) is 5.78 Å². The van der Waals surface area contributed by atoms with E-state index in [1.54, 1.807) is 18.2 Å². The van der Waals surface area contributed by atoms with Crippen molar-refractivity contribution in [2.24, 2.45) is 0 Å². The molecule has 0 heterocycles. The summed E-state index contributed by atoms with van der Waals surface area (Å²) in [6.45, 7) is 3.46. The molecule has 0 saturated heterocycles. The molecule has 0 aromatic heterocycles. The van der Waals surface area contributed by atoms with Crippen LogP contribution in [0, 0.1) is 5.92 Å². The van der Waals surface area contributed by atoms with Crippen molar-refractivity contribution in [3.8, 4) is 0 Å². The molecule has 1 nitrogen and oxygen atoms in total. The second-order valence-electron chi connectivity index (χ2n) is 2.06. The molecule has 0 aliphatic heterocycles. The normalized spacial score (nSPS) is 18.2. The van der Waals surface area contributed by atoms with Crippen LogP contribution in [0.5, 0.6) is 0 Å². The SMILES string of the molecule is C=CC=CC(=O)[C]1CC1. The Kier molecular flexibility index (Phi) is 1.83. The Morgan fingerprint density at radius 3 is 2.67 bits per heavy atom. The van der Waals surface area contributed by atoms with Gasteiger partial charge >= 0.3 is 0 Å². The van der Waals surface area contributed by atoms with Gasteiger partial charge in [0.15, 0.2) is 5.78 Å². The fourth-order valence-corrected chi connectivity index (χ4v) is 0.582. The zero-order valence-electron chi connectivity index (χ0n) is 5.26.